The van der Waals surface area contributed by atoms with Crippen molar-refractivity contribution in [3.05, 3.63) is 59.4 Å². The maximum Gasteiger partial charge on any atom is 0.305 e. The van der Waals surface area contributed by atoms with Crippen LogP contribution in [0, 0.1) is 5.82 Å². The summed E-state index contributed by atoms with van der Waals surface area (Å²) in [4.78, 5) is 22.5. The van der Waals surface area contributed by atoms with Crippen molar-refractivity contribution in [2.45, 2.75) is 19.8 Å². The molecule has 0 atom stereocenters. The van der Waals surface area contributed by atoms with Crippen LogP contribution in [0.5, 0.6) is 0 Å². The molecule has 0 aliphatic carbocycles. The molecular weight excluding hydrogens is 297 g/mol. The normalized spacial score (nSPS) is 10.3. The van der Waals surface area contributed by atoms with Crippen LogP contribution >= 0.6 is 0 Å². The van der Waals surface area contributed by atoms with Crippen molar-refractivity contribution in [3.8, 4) is 11.1 Å². The Bertz CT molecular complexity index is 728. The van der Waals surface area contributed by atoms with Gasteiger partial charge >= 0.3 is 5.97 Å². The highest BCUT2D eigenvalue weighted by molar-refractivity contribution is 5.95. The van der Waals surface area contributed by atoms with Crippen molar-refractivity contribution in [1.29, 1.82) is 0 Å². The molecule has 0 bridgehead atoms. The molecule has 23 heavy (non-hydrogen) atoms. The van der Waals surface area contributed by atoms with E-state index in [1.54, 1.807) is 6.07 Å². The van der Waals surface area contributed by atoms with Gasteiger partial charge in [-0.25, -0.2) is 4.39 Å². The minimum absolute atomic E-state index is 0.00552. The molecule has 0 fully saturated rings. The topological polar surface area (TPSA) is 66.4 Å². The Labute approximate surface area is 134 Å². The van der Waals surface area contributed by atoms with Crippen molar-refractivity contribution in [3.63, 3.8) is 0 Å². The average molecular weight is 315 g/mol. The molecule has 2 aromatic carbocycles. The minimum atomic E-state index is -0.998. The molecule has 0 aliphatic rings. The Morgan fingerprint density at radius 1 is 1.17 bits per heavy atom. The molecule has 2 rings (SSSR count). The number of amides is 1. The van der Waals surface area contributed by atoms with E-state index >= 15 is 0 Å². The van der Waals surface area contributed by atoms with Crippen LogP contribution in [-0.4, -0.2) is 23.5 Å². The first kappa shape index (κ1) is 16.7. The lowest BCUT2D eigenvalue weighted by Gasteiger charge is -2.10. The standard InChI is InChI=1S/C18H18FNO3/c1-2-12-5-3-4-6-16(12)13-9-14(11-15(19)10-13)18(23)20-8-7-17(21)22/h3-6,9-11H,2,7-8H2,1H3,(H,20,23)(H,21,22). The molecule has 0 saturated heterocycles. The van der Waals surface area contributed by atoms with Gasteiger partial charge < -0.3 is 10.4 Å². The van der Waals surface area contributed by atoms with Gasteiger partial charge in [-0.05, 0) is 41.3 Å². The van der Waals surface area contributed by atoms with Gasteiger partial charge in [0.1, 0.15) is 5.82 Å². The van der Waals surface area contributed by atoms with Gasteiger partial charge in [0, 0.05) is 12.1 Å². The summed E-state index contributed by atoms with van der Waals surface area (Å²) in [7, 11) is 0. The van der Waals surface area contributed by atoms with Crippen LogP contribution in [0.2, 0.25) is 0 Å². The molecule has 120 valence electrons. The van der Waals surface area contributed by atoms with Crippen molar-refractivity contribution < 1.29 is 19.1 Å². The lowest BCUT2D eigenvalue weighted by atomic mass is 9.96. The van der Waals surface area contributed by atoms with Crippen molar-refractivity contribution >= 4 is 11.9 Å². The largest absolute Gasteiger partial charge is 0.481 e. The second kappa shape index (κ2) is 7.54. The fraction of sp³-hybridized carbons (Fsp3) is 0.222. The number of aryl methyl sites for hydroxylation is 1. The molecule has 0 saturated carbocycles. The Hall–Kier alpha value is -2.69. The molecule has 0 unspecified atom stereocenters. The fourth-order valence-corrected chi connectivity index (χ4v) is 2.37. The fourth-order valence-electron chi connectivity index (χ4n) is 2.37. The number of hydrogen-bond donors (Lipinski definition) is 2. The lowest BCUT2D eigenvalue weighted by molar-refractivity contribution is -0.136. The molecule has 5 heteroatoms. The molecule has 0 heterocycles. The van der Waals surface area contributed by atoms with Crippen LogP contribution in [0.4, 0.5) is 4.39 Å². The van der Waals surface area contributed by atoms with Crippen molar-refractivity contribution in [1.82, 2.24) is 5.32 Å². The molecule has 0 aliphatic heterocycles. The van der Waals surface area contributed by atoms with E-state index in [1.807, 2.05) is 31.2 Å². The van der Waals surface area contributed by atoms with Gasteiger partial charge in [0.2, 0.25) is 0 Å². The first-order chi connectivity index (χ1) is 11.0. The monoisotopic (exact) mass is 315 g/mol. The first-order valence-electron chi connectivity index (χ1n) is 7.40. The number of carboxylic acids is 1. The van der Waals surface area contributed by atoms with E-state index in [-0.39, 0.29) is 18.5 Å². The third kappa shape index (κ3) is 4.39. The lowest BCUT2D eigenvalue weighted by Crippen LogP contribution is -2.26. The van der Waals surface area contributed by atoms with Gasteiger partial charge in [-0.3, -0.25) is 9.59 Å². The number of carbonyl (C=O) groups excluding carboxylic acids is 1. The number of rotatable bonds is 6. The molecule has 2 N–H and O–H groups in total. The SMILES string of the molecule is CCc1ccccc1-c1cc(F)cc(C(=O)NCCC(=O)O)c1. The number of halogens is 1. The number of hydrogen-bond acceptors (Lipinski definition) is 2. The van der Waals surface area contributed by atoms with Gasteiger partial charge in [0.25, 0.3) is 5.91 Å². The van der Waals surface area contributed by atoms with E-state index in [1.165, 1.54) is 6.07 Å². The maximum absolute atomic E-state index is 13.9. The number of nitrogens with one attached hydrogen (secondary N) is 1. The van der Waals surface area contributed by atoms with E-state index in [2.05, 4.69) is 5.32 Å². The summed E-state index contributed by atoms with van der Waals surface area (Å²) in [5.74, 6) is -1.99. The van der Waals surface area contributed by atoms with E-state index in [4.69, 9.17) is 5.11 Å². The first-order valence-corrected chi connectivity index (χ1v) is 7.40. The van der Waals surface area contributed by atoms with Gasteiger partial charge in [-0.2, -0.15) is 0 Å². The van der Waals surface area contributed by atoms with Crippen LogP contribution in [0.1, 0.15) is 29.3 Å². The smallest absolute Gasteiger partial charge is 0.305 e. The molecule has 4 nitrogen and oxygen atoms in total. The van der Waals surface area contributed by atoms with Crippen molar-refractivity contribution in [2.75, 3.05) is 6.54 Å². The Morgan fingerprint density at radius 3 is 2.61 bits per heavy atom. The van der Waals surface area contributed by atoms with Gasteiger partial charge in [0.15, 0.2) is 0 Å². The third-order valence-corrected chi connectivity index (χ3v) is 3.49. The van der Waals surface area contributed by atoms with E-state index in [9.17, 15) is 14.0 Å². The van der Waals surface area contributed by atoms with Crippen LogP contribution < -0.4 is 5.32 Å². The maximum atomic E-state index is 13.9. The molecule has 1 amide bonds. The average Bonchev–Trinajstić information content (AvgIpc) is 2.53. The van der Waals surface area contributed by atoms with Gasteiger partial charge in [-0.15, -0.1) is 0 Å². The van der Waals surface area contributed by atoms with Gasteiger partial charge in [-0.1, -0.05) is 31.2 Å². The zero-order chi connectivity index (χ0) is 16.8. The second-order valence-electron chi connectivity index (χ2n) is 5.14. The van der Waals surface area contributed by atoms with E-state index < -0.39 is 17.7 Å². The number of aliphatic carboxylic acids is 1. The molecule has 2 aromatic rings. The zero-order valence-electron chi connectivity index (χ0n) is 12.8. The number of benzene rings is 2. The highest BCUT2D eigenvalue weighted by atomic mass is 19.1. The van der Waals surface area contributed by atoms with Crippen LogP contribution in [0.25, 0.3) is 11.1 Å². The van der Waals surface area contributed by atoms with Crippen LogP contribution in [0.3, 0.4) is 0 Å². The van der Waals surface area contributed by atoms with E-state index in [0.717, 1.165) is 23.6 Å². The summed E-state index contributed by atoms with van der Waals surface area (Å²) < 4.78 is 13.9. The van der Waals surface area contributed by atoms with E-state index in [0.29, 0.717) is 5.56 Å². The summed E-state index contributed by atoms with van der Waals surface area (Å²) in [6.07, 6.45) is 0.624. The summed E-state index contributed by atoms with van der Waals surface area (Å²) in [5, 5.41) is 11.1. The predicted molar refractivity (Wildman–Crippen MR) is 85.8 cm³/mol. The third-order valence-electron chi connectivity index (χ3n) is 3.49. The second-order valence-corrected chi connectivity index (χ2v) is 5.14. The summed E-state index contributed by atoms with van der Waals surface area (Å²) in [6, 6.07) is 11.8. The quantitative estimate of drug-likeness (QED) is 0.860. The zero-order valence-corrected chi connectivity index (χ0v) is 12.8. The minimum Gasteiger partial charge on any atom is -0.481 e. The number of carboxylic acid groups (broad SMARTS) is 1. The van der Waals surface area contributed by atoms with Crippen LogP contribution in [0.15, 0.2) is 42.5 Å². The van der Waals surface area contributed by atoms with Crippen molar-refractivity contribution in [2.24, 2.45) is 0 Å². The van der Waals surface area contributed by atoms with Gasteiger partial charge in [0.05, 0.1) is 6.42 Å². The Morgan fingerprint density at radius 2 is 1.91 bits per heavy atom. The molecular formula is C18H18FNO3. The highest BCUT2D eigenvalue weighted by Crippen LogP contribution is 2.26. The molecule has 0 radical (unpaired) electrons. The Kier molecular flexibility index (Phi) is 5.46. The Balaban J connectivity index is 2.28. The van der Waals surface area contributed by atoms with Crippen LogP contribution in [-0.2, 0) is 11.2 Å². The summed E-state index contributed by atoms with van der Waals surface area (Å²) in [6.45, 7) is 2.02. The predicted octanol–water partition coefficient (Wildman–Crippen LogP) is 3.26. The molecule has 0 aromatic heterocycles. The summed E-state index contributed by atoms with van der Waals surface area (Å²) in [5.41, 5.74) is 2.76. The highest BCUT2D eigenvalue weighted by Gasteiger charge is 2.12. The molecule has 0 spiro atoms. The number of carbonyl (C=O) groups is 2. The summed E-state index contributed by atoms with van der Waals surface area (Å²) >= 11 is 0.